The summed E-state index contributed by atoms with van der Waals surface area (Å²) in [5.41, 5.74) is -0.117. The number of hydrogen-bond donors (Lipinski definition) is 0. The third kappa shape index (κ3) is 2.06. The van der Waals surface area contributed by atoms with Gasteiger partial charge in [0.15, 0.2) is 0 Å². The fourth-order valence-electron chi connectivity index (χ4n) is 3.20. The molecule has 1 aliphatic heterocycles. The van der Waals surface area contributed by atoms with Crippen molar-refractivity contribution in [2.45, 2.75) is 44.5 Å². The van der Waals surface area contributed by atoms with Crippen molar-refractivity contribution in [1.29, 1.82) is 0 Å². The van der Waals surface area contributed by atoms with Gasteiger partial charge in [0.25, 0.3) is 0 Å². The molecule has 0 bridgehead atoms. The van der Waals surface area contributed by atoms with Crippen molar-refractivity contribution in [2.75, 3.05) is 0 Å². The van der Waals surface area contributed by atoms with Gasteiger partial charge in [-0.2, -0.15) is 0 Å². The summed E-state index contributed by atoms with van der Waals surface area (Å²) in [4.78, 5) is 12.6. The molecular formula is C17H20O3. The molecule has 1 aromatic rings. The number of benzene rings is 1. The minimum Gasteiger partial charge on any atom is -0.431 e. The Bertz CT molecular complexity index is 532. The van der Waals surface area contributed by atoms with Gasteiger partial charge in [0.05, 0.1) is 0 Å². The highest BCUT2D eigenvalue weighted by atomic mass is 16.8. The van der Waals surface area contributed by atoms with E-state index in [4.69, 9.17) is 9.47 Å². The molecule has 2 aliphatic rings. The van der Waals surface area contributed by atoms with E-state index in [0.717, 1.165) is 24.8 Å². The van der Waals surface area contributed by atoms with E-state index in [1.807, 2.05) is 30.3 Å². The fourth-order valence-corrected chi connectivity index (χ4v) is 3.20. The van der Waals surface area contributed by atoms with Crippen molar-refractivity contribution >= 4 is 5.97 Å². The summed E-state index contributed by atoms with van der Waals surface area (Å²) in [5.74, 6) is -1.11. The molecule has 106 valence electrons. The average Bonchev–Trinajstić information content (AvgIpc) is 2.71. The normalized spacial score (nSPS) is 32.1. The Kier molecular flexibility index (Phi) is 3.17. The zero-order chi connectivity index (χ0) is 14.2. The van der Waals surface area contributed by atoms with Gasteiger partial charge in [0.2, 0.25) is 11.4 Å². The van der Waals surface area contributed by atoms with Gasteiger partial charge in [-0.1, -0.05) is 42.5 Å². The van der Waals surface area contributed by atoms with E-state index in [2.05, 4.69) is 12.2 Å². The summed E-state index contributed by atoms with van der Waals surface area (Å²) in [6.07, 6.45) is 7.34. The molecule has 0 amide bonds. The molecular weight excluding hydrogens is 252 g/mol. The molecule has 3 rings (SSSR count). The predicted octanol–water partition coefficient (Wildman–Crippen LogP) is 3.55. The van der Waals surface area contributed by atoms with Crippen molar-refractivity contribution in [2.24, 2.45) is 5.92 Å². The molecule has 0 aromatic heterocycles. The second-order valence-corrected chi connectivity index (χ2v) is 5.96. The summed E-state index contributed by atoms with van der Waals surface area (Å²) in [6, 6.07) is 9.71. The van der Waals surface area contributed by atoms with Crippen LogP contribution in [0.1, 0.15) is 38.7 Å². The lowest BCUT2D eigenvalue weighted by Gasteiger charge is -2.34. The van der Waals surface area contributed by atoms with Crippen LogP contribution in [0.25, 0.3) is 0 Å². The van der Waals surface area contributed by atoms with E-state index in [1.165, 1.54) is 0 Å². The number of hydrogen-bond acceptors (Lipinski definition) is 3. The smallest absolute Gasteiger partial charge is 0.346 e. The minimum absolute atomic E-state index is 0.0351. The van der Waals surface area contributed by atoms with E-state index < -0.39 is 11.4 Å². The van der Waals surface area contributed by atoms with Gasteiger partial charge in [-0.25, -0.2) is 4.79 Å². The molecule has 1 saturated heterocycles. The Hall–Kier alpha value is -1.61. The molecule has 1 heterocycles. The van der Waals surface area contributed by atoms with Crippen LogP contribution in [-0.2, 0) is 19.9 Å². The van der Waals surface area contributed by atoms with Crippen LogP contribution in [-0.4, -0.2) is 11.8 Å². The highest BCUT2D eigenvalue weighted by Crippen LogP contribution is 2.48. The number of ether oxygens (including phenoxy) is 2. The van der Waals surface area contributed by atoms with Crippen LogP contribution >= 0.6 is 0 Å². The highest BCUT2D eigenvalue weighted by Gasteiger charge is 2.58. The van der Waals surface area contributed by atoms with E-state index in [-0.39, 0.29) is 11.9 Å². The van der Waals surface area contributed by atoms with Crippen LogP contribution in [0.4, 0.5) is 0 Å². The first-order valence-electron chi connectivity index (χ1n) is 7.20. The first kappa shape index (κ1) is 13.4. The summed E-state index contributed by atoms with van der Waals surface area (Å²) >= 11 is 0. The first-order valence-corrected chi connectivity index (χ1v) is 7.20. The molecule has 1 aliphatic carbocycles. The van der Waals surface area contributed by atoms with E-state index in [9.17, 15) is 4.79 Å². The maximum atomic E-state index is 12.6. The summed E-state index contributed by atoms with van der Waals surface area (Å²) < 4.78 is 11.6. The number of carbonyl (C=O) groups excluding carboxylic acids is 1. The van der Waals surface area contributed by atoms with Crippen LogP contribution in [0.5, 0.6) is 0 Å². The standard InChI is InChI=1S/C17H20O3/c1-16(2)19-15(18)17(20-16,13-9-5-3-6-10-13)14-11-7-4-8-12-14/h3,5-7,9-11,14H,4,8,12H2,1-2H3. The quantitative estimate of drug-likeness (QED) is 0.610. The van der Waals surface area contributed by atoms with Gasteiger partial charge in [-0.3, -0.25) is 0 Å². The Morgan fingerprint density at radius 3 is 2.50 bits per heavy atom. The van der Waals surface area contributed by atoms with Crippen molar-refractivity contribution < 1.29 is 14.3 Å². The summed E-state index contributed by atoms with van der Waals surface area (Å²) in [7, 11) is 0. The summed E-state index contributed by atoms with van der Waals surface area (Å²) in [6.45, 7) is 3.59. The van der Waals surface area contributed by atoms with E-state index in [1.54, 1.807) is 13.8 Å². The van der Waals surface area contributed by atoms with Gasteiger partial charge in [-0.15, -0.1) is 0 Å². The number of allylic oxidation sites excluding steroid dienone is 1. The van der Waals surface area contributed by atoms with Crippen LogP contribution in [0.15, 0.2) is 42.5 Å². The SMILES string of the molecule is CC1(C)OC(=O)C(c2ccccc2)(C2C=CCCC2)O1. The molecule has 0 saturated carbocycles. The predicted molar refractivity (Wildman–Crippen MR) is 75.9 cm³/mol. The number of carbonyl (C=O) groups is 1. The molecule has 1 aromatic carbocycles. The maximum absolute atomic E-state index is 12.6. The van der Waals surface area contributed by atoms with Crippen molar-refractivity contribution in [3.05, 3.63) is 48.0 Å². The van der Waals surface area contributed by atoms with E-state index in [0.29, 0.717) is 0 Å². The second kappa shape index (κ2) is 4.74. The van der Waals surface area contributed by atoms with Crippen molar-refractivity contribution in [3.8, 4) is 0 Å². The van der Waals surface area contributed by atoms with Crippen LogP contribution in [0.2, 0.25) is 0 Å². The minimum atomic E-state index is -0.998. The zero-order valence-corrected chi connectivity index (χ0v) is 12.0. The Morgan fingerprint density at radius 2 is 1.95 bits per heavy atom. The lowest BCUT2D eigenvalue weighted by Crippen LogP contribution is -2.42. The van der Waals surface area contributed by atoms with Gasteiger partial charge < -0.3 is 9.47 Å². The third-order valence-electron chi connectivity index (χ3n) is 4.03. The first-order chi connectivity index (χ1) is 9.55. The van der Waals surface area contributed by atoms with Crippen molar-refractivity contribution in [1.82, 2.24) is 0 Å². The lowest BCUT2D eigenvalue weighted by atomic mass is 9.76. The zero-order valence-electron chi connectivity index (χ0n) is 12.0. The lowest BCUT2D eigenvalue weighted by molar-refractivity contribution is -0.174. The monoisotopic (exact) mass is 272 g/mol. The molecule has 3 nitrogen and oxygen atoms in total. The molecule has 0 N–H and O–H groups in total. The van der Waals surface area contributed by atoms with Gasteiger partial charge >= 0.3 is 5.97 Å². The topological polar surface area (TPSA) is 35.5 Å². The maximum Gasteiger partial charge on any atom is 0.346 e. The highest BCUT2D eigenvalue weighted by molar-refractivity contribution is 5.84. The Labute approximate surface area is 119 Å². The molecule has 0 radical (unpaired) electrons. The Balaban J connectivity index is 2.11. The van der Waals surface area contributed by atoms with Gasteiger partial charge in [-0.05, 0) is 24.8 Å². The Morgan fingerprint density at radius 1 is 1.20 bits per heavy atom. The number of rotatable bonds is 2. The van der Waals surface area contributed by atoms with Crippen LogP contribution < -0.4 is 0 Å². The summed E-state index contributed by atoms with van der Waals surface area (Å²) in [5, 5.41) is 0. The number of esters is 1. The molecule has 2 atom stereocenters. The average molecular weight is 272 g/mol. The van der Waals surface area contributed by atoms with E-state index >= 15 is 0 Å². The van der Waals surface area contributed by atoms with Crippen LogP contribution in [0.3, 0.4) is 0 Å². The van der Waals surface area contributed by atoms with Crippen LogP contribution in [0, 0.1) is 5.92 Å². The largest absolute Gasteiger partial charge is 0.431 e. The van der Waals surface area contributed by atoms with Gasteiger partial charge in [0.1, 0.15) is 0 Å². The molecule has 2 unspecified atom stereocenters. The molecule has 20 heavy (non-hydrogen) atoms. The van der Waals surface area contributed by atoms with Gasteiger partial charge in [0, 0.05) is 19.8 Å². The molecule has 3 heteroatoms. The van der Waals surface area contributed by atoms with Crippen molar-refractivity contribution in [3.63, 3.8) is 0 Å². The fraction of sp³-hybridized carbons (Fsp3) is 0.471. The number of cyclic esters (lactones) is 1. The molecule has 1 fully saturated rings. The molecule has 0 spiro atoms. The third-order valence-corrected chi connectivity index (χ3v) is 4.03. The second-order valence-electron chi connectivity index (χ2n) is 5.96.